The molecule has 0 aliphatic rings. The normalized spacial score (nSPS) is 11.5. The highest BCUT2D eigenvalue weighted by atomic mass is 16.5. The highest BCUT2D eigenvalue weighted by Gasteiger charge is 2.13. The lowest BCUT2D eigenvalue weighted by atomic mass is 10.1. The van der Waals surface area contributed by atoms with Crippen LogP contribution in [0.15, 0.2) is 48.5 Å². The number of nitrogens with two attached hydrogens (primary N) is 1. The molecule has 0 saturated heterocycles. The molecule has 0 spiro atoms. The van der Waals surface area contributed by atoms with Crippen molar-refractivity contribution in [3.8, 4) is 5.75 Å². The molecule has 0 saturated carbocycles. The number of benzene rings is 2. The van der Waals surface area contributed by atoms with E-state index in [-0.39, 0.29) is 24.3 Å². The number of nitrogen functional groups attached to an aromatic ring is 1. The molecule has 6 heteroatoms. The highest BCUT2D eigenvalue weighted by Crippen LogP contribution is 2.23. The largest absolute Gasteiger partial charge is 0.482 e. The lowest BCUT2D eigenvalue weighted by Crippen LogP contribution is -2.31. The average molecular weight is 356 g/mol. The van der Waals surface area contributed by atoms with Crippen LogP contribution >= 0.6 is 0 Å². The van der Waals surface area contributed by atoms with E-state index in [1.54, 1.807) is 12.1 Å². The predicted molar refractivity (Wildman–Crippen MR) is 99.9 cm³/mol. The van der Waals surface area contributed by atoms with Crippen molar-refractivity contribution >= 4 is 17.6 Å². The zero-order valence-corrected chi connectivity index (χ0v) is 15.0. The van der Waals surface area contributed by atoms with Crippen molar-refractivity contribution in [2.75, 3.05) is 18.9 Å². The van der Waals surface area contributed by atoms with Gasteiger partial charge in [0.2, 0.25) is 0 Å². The predicted octanol–water partition coefficient (Wildman–Crippen LogP) is 3.09. The molecule has 3 N–H and O–H groups in total. The molecule has 26 heavy (non-hydrogen) atoms. The van der Waals surface area contributed by atoms with Crippen LogP contribution in [0.25, 0.3) is 0 Å². The maximum Gasteiger partial charge on any atom is 0.338 e. The Morgan fingerprint density at radius 3 is 2.58 bits per heavy atom. The Balaban J connectivity index is 1.93. The van der Waals surface area contributed by atoms with Gasteiger partial charge in [0.15, 0.2) is 6.61 Å². The third-order valence-corrected chi connectivity index (χ3v) is 3.72. The van der Waals surface area contributed by atoms with Crippen molar-refractivity contribution in [1.82, 2.24) is 5.32 Å². The van der Waals surface area contributed by atoms with Gasteiger partial charge in [0.25, 0.3) is 5.91 Å². The third kappa shape index (κ3) is 5.51. The zero-order valence-electron chi connectivity index (χ0n) is 15.0. The van der Waals surface area contributed by atoms with Gasteiger partial charge in [-0.05, 0) is 37.1 Å². The summed E-state index contributed by atoms with van der Waals surface area (Å²) >= 11 is 0. The Bertz CT molecular complexity index is 747. The van der Waals surface area contributed by atoms with Crippen molar-refractivity contribution in [1.29, 1.82) is 0 Å². The van der Waals surface area contributed by atoms with Gasteiger partial charge in [0.1, 0.15) is 5.75 Å². The van der Waals surface area contributed by atoms with Gasteiger partial charge in [-0.1, -0.05) is 37.3 Å². The minimum absolute atomic E-state index is 0.139. The summed E-state index contributed by atoms with van der Waals surface area (Å²) < 4.78 is 10.6. The van der Waals surface area contributed by atoms with Crippen LogP contribution in [0.3, 0.4) is 0 Å². The fourth-order valence-electron chi connectivity index (χ4n) is 2.32. The zero-order chi connectivity index (χ0) is 18.9. The molecule has 1 unspecified atom stereocenters. The Hall–Kier alpha value is -3.02. The Morgan fingerprint density at radius 2 is 1.88 bits per heavy atom. The van der Waals surface area contributed by atoms with Crippen LogP contribution in [0.1, 0.15) is 42.2 Å². The second kappa shape index (κ2) is 9.46. The van der Waals surface area contributed by atoms with Crippen LogP contribution in [0.2, 0.25) is 0 Å². The molecule has 6 nitrogen and oxygen atoms in total. The van der Waals surface area contributed by atoms with Gasteiger partial charge >= 0.3 is 5.97 Å². The second-order valence-corrected chi connectivity index (χ2v) is 5.88. The lowest BCUT2D eigenvalue weighted by molar-refractivity contribution is -0.123. The first-order valence-corrected chi connectivity index (χ1v) is 8.55. The summed E-state index contributed by atoms with van der Waals surface area (Å²) in [4.78, 5) is 24.0. The number of amides is 1. The van der Waals surface area contributed by atoms with Crippen molar-refractivity contribution in [3.05, 3.63) is 59.7 Å². The van der Waals surface area contributed by atoms with Crippen molar-refractivity contribution in [3.63, 3.8) is 0 Å². The van der Waals surface area contributed by atoms with Gasteiger partial charge in [-0.2, -0.15) is 0 Å². The van der Waals surface area contributed by atoms with E-state index in [0.717, 1.165) is 12.0 Å². The molecule has 2 rings (SSSR count). The lowest BCUT2D eigenvalue weighted by Gasteiger charge is -2.15. The second-order valence-electron chi connectivity index (χ2n) is 5.88. The molecule has 0 heterocycles. The quantitative estimate of drug-likeness (QED) is 0.560. The molecule has 0 bridgehead atoms. The maximum absolute atomic E-state index is 12.1. The fraction of sp³-hybridized carbons (Fsp3) is 0.300. The summed E-state index contributed by atoms with van der Waals surface area (Å²) in [6.45, 7) is 3.96. The molecule has 2 aromatic carbocycles. The number of ether oxygens (including phenoxy) is 2. The molecule has 2 aromatic rings. The van der Waals surface area contributed by atoms with E-state index in [9.17, 15) is 9.59 Å². The number of esters is 1. The number of hydrogen-bond donors (Lipinski definition) is 2. The summed E-state index contributed by atoms with van der Waals surface area (Å²) in [6.07, 6.45) is 0.740. The van der Waals surface area contributed by atoms with E-state index in [1.807, 2.05) is 44.2 Å². The molecular weight excluding hydrogens is 332 g/mol. The van der Waals surface area contributed by atoms with E-state index < -0.39 is 5.97 Å². The SMILES string of the molecule is CCCOC(=O)c1ccc(N)c(OCC(=O)NC(C)c2ccccc2)c1. The number of carbonyl (C=O) groups excluding carboxylic acids is 2. The van der Waals surface area contributed by atoms with Crippen LogP contribution < -0.4 is 15.8 Å². The molecule has 0 aliphatic heterocycles. The first-order valence-electron chi connectivity index (χ1n) is 8.55. The smallest absolute Gasteiger partial charge is 0.338 e. The van der Waals surface area contributed by atoms with E-state index >= 15 is 0 Å². The monoisotopic (exact) mass is 356 g/mol. The van der Waals surface area contributed by atoms with Crippen molar-refractivity contribution < 1.29 is 19.1 Å². The molecule has 1 atom stereocenters. The number of rotatable bonds is 8. The molecule has 0 fully saturated rings. The maximum atomic E-state index is 12.1. The Morgan fingerprint density at radius 1 is 1.15 bits per heavy atom. The summed E-state index contributed by atoms with van der Waals surface area (Å²) in [5.41, 5.74) is 7.54. The summed E-state index contributed by atoms with van der Waals surface area (Å²) in [5.74, 6) is -0.447. The van der Waals surface area contributed by atoms with Gasteiger partial charge < -0.3 is 20.5 Å². The van der Waals surface area contributed by atoms with Crippen LogP contribution in [-0.2, 0) is 9.53 Å². The molecule has 138 valence electrons. The third-order valence-electron chi connectivity index (χ3n) is 3.72. The number of carbonyl (C=O) groups is 2. The van der Waals surface area contributed by atoms with Gasteiger partial charge in [-0.15, -0.1) is 0 Å². The van der Waals surface area contributed by atoms with E-state index in [1.165, 1.54) is 6.07 Å². The average Bonchev–Trinajstić information content (AvgIpc) is 2.66. The van der Waals surface area contributed by atoms with E-state index in [2.05, 4.69) is 5.32 Å². The van der Waals surface area contributed by atoms with Gasteiger partial charge in [-0.3, -0.25) is 4.79 Å². The first kappa shape index (κ1) is 19.3. The number of hydrogen-bond acceptors (Lipinski definition) is 5. The van der Waals surface area contributed by atoms with Crippen LogP contribution in [0, 0.1) is 0 Å². The molecule has 1 amide bonds. The standard InChI is InChI=1S/C20H24N2O4/c1-3-11-25-20(24)16-9-10-17(21)18(12-16)26-13-19(23)22-14(2)15-7-5-4-6-8-15/h4-10,12,14H,3,11,13,21H2,1-2H3,(H,22,23). The Labute approximate surface area is 153 Å². The van der Waals surface area contributed by atoms with Crippen LogP contribution in [0.4, 0.5) is 5.69 Å². The molecule has 0 aliphatic carbocycles. The highest BCUT2D eigenvalue weighted by molar-refractivity contribution is 5.90. The minimum Gasteiger partial charge on any atom is -0.482 e. The number of anilines is 1. The van der Waals surface area contributed by atoms with E-state index in [0.29, 0.717) is 17.9 Å². The van der Waals surface area contributed by atoms with Crippen molar-refractivity contribution in [2.24, 2.45) is 0 Å². The fourth-order valence-corrected chi connectivity index (χ4v) is 2.32. The summed E-state index contributed by atoms with van der Waals surface area (Å²) in [7, 11) is 0. The first-order chi connectivity index (χ1) is 12.5. The van der Waals surface area contributed by atoms with Crippen LogP contribution in [0.5, 0.6) is 5.75 Å². The van der Waals surface area contributed by atoms with Crippen molar-refractivity contribution in [2.45, 2.75) is 26.3 Å². The summed E-state index contributed by atoms with van der Waals surface area (Å²) in [5, 5.41) is 2.85. The molecule has 0 aromatic heterocycles. The minimum atomic E-state index is -0.446. The number of nitrogens with one attached hydrogen (secondary N) is 1. The van der Waals surface area contributed by atoms with Gasteiger partial charge in [-0.25, -0.2) is 4.79 Å². The van der Waals surface area contributed by atoms with Gasteiger partial charge in [0, 0.05) is 0 Å². The molecular formula is C20H24N2O4. The topological polar surface area (TPSA) is 90.7 Å². The van der Waals surface area contributed by atoms with Crippen LogP contribution in [-0.4, -0.2) is 25.1 Å². The van der Waals surface area contributed by atoms with Gasteiger partial charge in [0.05, 0.1) is 23.9 Å². The van der Waals surface area contributed by atoms with E-state index in [4.69, 9.17) is 15.2 Å². The molecule has 0 radical (unpaired) electrons. The summed E-state index contributed by atoms with van der Waals surface area (Å²) in [6, 6.07) is 14.1. The Kier molecular flexibility index (Phi) is 7.02.